The van der Waals surface area contributed by atoms with Gasteiger partial charge in [-0.25, -0.2) is 9.37 Å². The third-order valence-electron chi connectivity index (χ3n) is 1.95. The molecule has 0 unspecified atom stereocenters. The van der Waals surface area contributed by atoms with Gasteiger partial charge in [-0.2, -0.15) is 0 Å². The molecule has 1 aromatic carbocycles. The molecule has 0 atom stereocenters. The zero-order valence-electron chi connectivity index (χ0n) is 7.92. The Labute approximate surface area is 99.1 Å². The van der Waals surface area contributed by atoms with Crippen molar-refractivity contribution in [1.82, 2.24) is 4.98 Å². The zero-order chi connectivity index (χ0) is 11.0. The molecule has 2 N–H and O–H groups in total. The van der Waals surface area contributed by atoms with Crippen molar-refractivity contribution in [2.45, 2.75) is 6.92 Å². The van der Waals surface area contributed by atoms with Gasteiger partial charge in [-0.3, -0.25) is 0 Å². The van der Waals surface area contributed by atoms with E-state index in [2.05, 4.69) is 20.9 Å². The molecule has 0 spiro atoms. The van der Waals surface area contributed by atoms with E-state index in [1.165, 1.54) is 17.4 Å². The minimum absolute atomic E-state index is 0.308. The minimum Gasteiger partial charge on any atom is -0.389 e. The number of halogens is 2. The highest BCUT2D eigenvalue weighted by Crippen LogP contribution is 2.31. The van der Waals surface area contributed by atoms with Crippen LogP contribution in [0.2, 0.25) is 0 Å². The van der Waals surface area contributed by atoms with Gasteiger partial charge >= 0.3 is 0 Å². The molecular formula is C10H8BrFN2S. The lowest BCUT2D eigenvalue weighted by Crippen LogP contribution is -1.87. The number of anilines is 1. The first-order chi connectivity index (χ1) is 7.08. The highest BCUT2D eigenvalue weighted by Gasteiger charge is 2.10. The standard InChI is InChI=1S/C10H8BrFN2S/c1-5-14-9(10(13)15-5)6-2-3-7(11)8(12)4-6/h2-4H,13H2,1H3. The van der Waals surface area contributed by atoms with Crippen molar-refractivity contribution >= 4 is 32.3 Å². The number of aryl methyl sites for hydroxylation is 1. The maximum atomic E-state index is 13.3. The summed E-state index contributed by atoms with van der Waals surface area (Å²) in [6.07, 6.45) is 0. The van der Waals surface area contributed by atoms with Gasteiger partial charge in [0.1, 0.15) is 16.5 Å². The average Bonchev–Trinajstić information content (AvgIpc) is 2.50. The number of hydrogen-bond acceptors (Lipinski definition) is 3. The largest absolute Gasteiger partial charge is 0.389 e. The summed E-state index contributed by atoms with van der Waals surface area (Å²) in [5.74, 6) is -0.308. The second kappa shape index (κ2) is 3.90. The fourth-order valence-corrected chi connectivity index (χ4v) is 2.26. The van der Waals surface area contributed by atoms with Crippen molar-refractivity contribution in [1.29, 1.82) is 0 Å². The molecule has 0 saturated carbocycles. The van der Waals surface area contributed by atoms with Crippen molar-refractivity contribution in [3.63, 3.8) is 0 Å². The molecule has 5 heteroatoms. The van der Waals surface area contributed by atoms with Crippen LogP contribution in [0.5, 0.6) is 0 Å². The van der Waals surface area contributed by atoms with E-state index < -0.39 is 0 Å². The van der Waals surface area contributed by atoms with Gasteiger partial charge in [0, 0.05) is 5.56 Å². The molecule has 1 heterocycles. The molecule has 15 heavy (non-hydrogen) atoms. The Bertz CT molecular complexity index is 510. The molecule has 78 valence electrons. The second-order valence-corrected chi connectivity index (χ2v) is 5.16. The number of benzene rings is 1. The van der Waals surface area contributed by atoms with E-state index in [4.69, 9.17) is 5.73 Å². The van der Waals surface area contributed by atoms with Gasteiger partial charge in [-0.15, -0.1) is 11.3 Å². The van der Waals surface area contributed by atoms with Crippen LogP contribution in [-0.2, 0) is 0 Å². The number of hydrogen-bond donors (Lipinski definition) is 1. The third kappa shape index (κ3) is 2.03. The summed E-state index contributed by atoms with van der Waals surface area (Å²) >= 11 is 4.51. The fourth-order valence-electron chi connectivity index (χ4n) is 1.29. The van der Waals surface area contributed by atoms with Crippen molar-refractivity contribution in [3.05, 3.63) is 33.5 Å². The summed E-state index contributed by atoms with van der Waals surface area (Å²) in [4.78, 5) is 4.26. The van der Waals surface area contributed by atoms with Crippen LogP contribution < -0.4 is 5.73 Å². The van der Waals surface area contributed by atoms with Crippen molar-refractivity contribution in [2.24, 2.45) is 0 Å². The Kier molecular flexibility index (Phi) is 2.75. The summed E-state index contributed by atoms with van der Waals surface area (Å²) in [5, 5.41) is 1.50. The summed E-state index contributed by atoms with van der Waals surface area (Å²) in [6, 6.07) is 4.87. The fraction of sp³-hybridized carbons (Fsp3) is 0.100. The molecule has 2 nitrogen and oxygen atoms in total. The van der Waals surface area contributed by atoms with Gasteiger partial charge in [0.05, 0.1) is 9.48 Å². The summed E-state index contributed by atoms with van der Waals surface area (Å²) in [6.45, 7) is 1.87. The number of thiazole rings is 1. The predicted octanol–water partition coefficient (Wildman–Crippen LogP) is 3.60. The topological polar surface area (TPSA) is 38.9 Å². The van der Waals surface area contributed by atoms with Gasteiger partial charge < -0.3 is 5.73 Å². The number of rotatable bonds is 1. The third-order valence-corrected chi connectivity index (χ3v) is 3.40. The molecule has 2 rings (SSSR count). The lowest BCUT2D eigenvalue weighted by Gasteiger charge is -2.00. The van der Waals surface area contributed by atoms with Gasteiger partial charge in [-0.1, -0.05) is 6.07 Å². The number of nitrogen functional groups attached to an aromatic ring is 1. The van der Waals surface area contributed by atoms with E-state index in [0.717, 1.165) is 5.01 Å². The molecule has 0 bridgehead atoms. The molecule has 0 radical (unpaired) electrons. The van der Waals surface area contributed by atoms with Crippen LogP contribution in [0.1, 0.15) is 5.01 Å². The summed E-state index contributed by atoms with van der Waals surface area (Å²) < 4.78 is 13.7. The van der Waals surface area contributed by atoms with Crippen molar-refractivity contribution in [2.75, 3.05) is 5.73 Å². The van der Waals surface area contributed by atoms with Crippen molar-refractivity contribution < 1.29 is 4.39 Å². The predicted molar refractivity (Wildman–Crippen MR) is 64.4 cm³/mol. The smallest absolute Gasteiger partial charge is 0.138 e. The maximum absolute atomic E-state index is 13.3. The Morgan fingerprint density at radius 3 is 2.73 bits per heavy atom. The molecule has 2 aromatic rings. The Hall–Kier alpha value is -0.940. The second-order valence-electron chi connectivity index (χ2n) is 3.07. The van der Waals surface area contributed by atoms with E-state index >= 15 is 0 Å². The average molecular weight is 287 g/mol. The molecular weight excluding hydrogens is 279 g/mol. The molecule has 1 aromatic heterocycles. The molecule has 0 saturated heterocycles. The molecule has 0 fully saturated rings. The SMILES string of the molecule is Cc1nc(-c2ccc(Br)c(F)c2)c(N)s1. The molecule has 0 aliphatic heterocycles. The van der Waals surface area contributed by atoms with Gasteiger partial charge in [0.15, 0.2) is 0 Å². The first-order valence-electron chi connectivity index (χ1n) is 4.26. The summed E-state index contributed by atoms with van der Waals surface area (Å²) in [7, 11) is 0. The number of nitrogens with two attached hydrogens (primary N) is 1. The van der Waals surface area contributed by atoms with Crippen LogP contribution >= 0.6 is 27.3 Å². The summed E-state index contributed by atoms with van der Waals surface area (Å²) in [5.41, 5.74) is 7.15. The van der Waals surface area contributed by atoms with Crippen LogP contribution in [0.4, 0.5) is 9.39 Å². The molecule has 0 amide bonds. The van der Waals surface area contributed by atoms with Crippen molar-refractivity contribution in [3.8, 4) is 11.3 Å². The van der Waals surface area contributed by atoms with Gasteiger partial charge in [0.2, 0.25) is 0 Å². The van der Waals surface area contributed by atoms with Crippen LogP contribution in [0.3, 0.4) is 0 Å². The monoisotopic (exact) mass is 286 g/mol. The van der Waals surface area contributed by atoms with E-state index in [1.54, 1.807) is 12.1 Å². The number of nitrogens with zero attached hydrogens (tertiary/aromatic N) is 1. The number of aromatic nitrogens is 1. The quantitative estimate of drug-likeness (QED) is 0.870. The molecule has 0 aliphatic carbocycles. The highest BCUT2D eigenvalue weighted by molar-refractivity contribution is 9.10. The van der Waals surface area contributed by atoms with Crippen LogP contribution in [0.15, 0.2) is 22.7 Å². The van der Waals surface area contributed by atoms with E-state index in [1.807, 2.05) is 6.92 Å². The van der Waals surface area contributed by atoms with Gasteiger partial charge in [-0.05, 0) is 35.0 Å². The van der Waals surface area contributed by atoms with Crippen LogP contribution in [-0.4, -0.2) is 4.98 Å². The minimum atomic E-state index is -0.308. The maximum Gasteiger partial charge on any atom is 0.138 e. The Morgan fingerprint density at radius 1 is 1.47 bits per heavy atom. The first-order valence-corrected chi connectivity index (χ1v) is 5.87. The van der Waals surface area contributed by atoms with Gasteiger partial charge in [0.25, 0.3) is 0 Å². The molecule has 0 aliphatic rings. The lowest BCUT2D eigenvalue weighted by atomic mass is 10.1. The lowest BCUT2D eigenvalue weighted by molar-refractivity contribution is 0.621. The van der Waals surface area contributed by atoms with Crippen LogP contribution in [0, 0.1) is 12.7 Å². The normalized spacial score (nSPS) is 10.6. The Balaban J connectivity index is 2.54. The Morgan fingerprint density at radius 2 is 2.20 bits per heavy atom. The first kappa shape index (κ1) is 10.6. The van der Waals surface area contributed by atoms with Crippen LogP contribution in [0.25, 0.3) is 11.3 Å². The zero-order valence-corrected chi connectivity index (χ0v) is 10.3. The van der Waals surface area contributed by atoms with E-state index in [9.17, 15) is 4.39 Å². The highest BCUT2D eigenvalue weighted by atomic mass is 79.9. The van der Waals surface area contributed by atoms with E-state index in [0.29, 0.717) is 20.7 Å². The van der Waals surface area contributed by atoms with E-state index in [-0.39, 0.29) is 5.82 Å².